The van der Waals surface area contributed by atoms with Gasteiger partial charge in [0.1, 0.15) is 11.9 Å². The molecule has 0 aliphatic carbocycles. The monoisotopic (exact) mass is 394 g/mol. The molecule has 0 spiro atoms. The van der Waals surface area contributed by atoms with Crippen LogP contribution in [0.4, 0.5) is 4.39 Å². The van der Waals surface area contributed by atoms with Gasteiger partial charge < -0.3 is 10.6 Å². The molecule has 0 bridgehead atoms. The molecule has 0 aliphatic heterocycles. The highest BCUT2D eigenvalue weighted by Crippen LogP contribution is 2.15. The highest BCUT2D eigenvalue weighted by molar-refractivity contribution is 7.98. The zero-order valence-electron chi connectivity index (χ0n) is 14.8. The van der Waals surface area contributed by atoms with Gasteiger partial charge in [-0.1, -0.05) is 38.1 Å². The van der Waals surface area contributed by atoms with Crippen molar-refractivity contribution in [3.63, 3.8) is 0 Å². The van der Waals surface area contributed by atoms with E-state index in [0.29, 0.717) is 28.5 Å². The molecular weight excluding hydrogens is 371 g/mol. The van der Waals surface area contributed by atoms with Gasteiger partial charge in [0.25, 0.3) is 5.91 Å². The molecule has 140 valence electrons. The van der Waals surface area contributed by atoms with Crippen LogP contribution in [0.2, 0.25) is 0 Å². The molecule has 1 aromatic carbocycles. The van der Waals surface area contributed by atoms with Crippen LogP contribution in [-0.2, 0) is 10.5 Å². The fourth-order valence-electron chi connectivity index (χ4n) is 2.31. The van der Waals surface area contributed by atoms with Gasteiger partial charge >= 0.3 is 0 Å². The SMILES string of the molecule is CC(C)C(NC(=O)c1cccs1)C(=O)NCCSCc1ccccc1F. The lowest BCUT2D eigenvalue weighted by Crippen LogP contribution is -2.50. The van der Waals surface area contributed by atoms with E-state index in [1.54, 1.807) is 36.0 Å². The minimum absolute atomic E-state index is 0.0232. The molecule has 26 heavy (non-hydrogen) atoms. The van der Waals surface area contributed by atoms with Crippen molar-refractivity contribution in [1.29, 1.82) is 0 Å². The summed E-state index contributed by atoms with van der Waals surface area (Å²) < 4.78 is 13.5. The van der Waals surface area contributed by atoms with E-state index in [-0.39, 0.29) is 23.5 Å². The lowest BCUT2D eigenvalue weighted by molar-refractivity contribution is -0.123. The third-order valence-corrected chi connectivity index (χ3v) is 5.62. The number of hydrogen-bond acceptors (Lipinski definition) is 4. The first-order valence-corrected chi connectivity index (χ1v) is 10.5. The van der Waals surface area contributed by atoms with Crippen LogP contribution in [0.3, 0.4) is 0 Å². The van der Waals surface area contributed by atoms with Crippen LogP contribution < -0.4 is 10.6 Å². The molecule has 7 heteroatoms. The molecule has 4 nitrogen and oxygen atoms in total. The van der Waals surface area contributed by atoms with Gasteiger partial charge in [-0.3, -0.25) is 9.59 Å². The molecule has 0 aliphatic rings. The van der Waals surface area contributed by atoms with Crippen molar-refractivity contribution in [2.24, 2.45) is 5.92 Å². The van der Waals surface area contributed by atoms with Crippen LogP contribution in [0.1, 0.15) is 29.1 Å². The Balaban J connectivity index is 1.75. The lowest BCUT2D eigenvalue weighted by Gasteiger charge is -2.21. The van der Waals surface area contributed by atoms with Gasteiger partial charge in [0, 0.05) is 18.1 Å². The van der Waals surface area contributed by atoms with E-state index < -0.39 is 6.04 Å². The summed E-state index contributed by atoms with van der Waals surface area (Å²) in [6, 6.07) is 9.63. The van der Waals surface area contributed by atoms with Crippen molar-refractivity contribution < 1.29 is 14.0 Å². The first-order valence-electron chi connectivity index (χ1n) is 8.42. The zero-order chi connectivity index (χ0) is 18.9. The fraction of sp³-hybridized carbons (Fsp3) is 0.368. The van der Waals surface area contributed by atoms with E-state index in [9.17, 15) is 14.0 Å². The van der Waals surface area contributed by atoms with E-state index in [4.69, 9.17) is 0 Å². The van der Waals surface area contributed by atoms with Crippen LogP contribution >= 0.6 is 23.1 Å². The second kappa shape index (κ2) is 10.3. The van der Waals surface area contributed by atoms with Crippen LogP contribution in [0.25, 0.3) is 0 Å². The number of thiophene rings is 1. The van der Waals surface area contributed by atoms with Crippen LogP contribution in [0.5, 0.6) is 0 Å². The van der Waals surface area contributed by atoms with Gasteiger partial charge in [-0.2, -0.15) is 11.8 Å². The summed E-state index contributed by atoms with van der Waals surface area (Å²) in [6.45, 7) is 4.26. The Morgan fingerprint density at radius 1 is 1.19 bits per heavy atom. The summed E-state index contributed by atoms with van der Waals surface area (Å²) in [5, 5.41) is 7.47. The molecule has 1 heterocycles. The molecule has 2 rings (SSSR count). The van der Waals surface area contributed by atoms with Crippen molar-refractivity contribution in [3.05, 3.63) is 58.0 Å². The van der Waals surface area contributed by atoms with Crippen LogP contribution in [0, 0.1) is 11.7 Å². The molecule has 0 saturated heterocycles. The molecule has 2 aromatic rings. The fourth-order valence-corrected chi connectivity index (χ4v) is 3.78. The number of thioether (sulfide) groups is 1. The van der Waals surface area contributed by atoms with Gasteiger partial charge in [-0.15, -0.1) is 11.3 Å². The second-order valence-corrected chi connectivity index (χ2v) is 8.16. The van der Waals surface area contributed by atoms with Gasteiger partial charge in [0.2, 0.25) is 5.91 Å². The van der Waals surface area contributed by atoms with E-state index in [2.05, 4.69) is 10.6 Å². The Bertz CT molecular complexity index is 720. The van der Waals surface area contributed by atoms with E-state index in [0.717, 1.165) is 0 Å². The molecule has 2 N–H and O–H groups in total. The highest BCUT2D eigenvalue weighted by atomic mass is 32.2. The van der Waals surface area contributed by atoms with E-state index in [1.165, 1.54) is 17.4 Å². The van der Waals surface area contributed by atoms with Crippen molar-refractivity contribution in [1.82, 2.24) is 10.6 Å². The molecule has 1 aromatic heterocycles. The minimum atomic E-state index is -0.582. The molecule has 0 saturated carbocycles. The summed E-state index contributed by atoms with van der Waals surface area (Å²) >= 11 is 2.90. The number of amides is 2. The maximum Gasteiger partial charge on any atom is 0.262 e. The number of halogens is 1. The Labute approximate surface area is 161 Å². The maximum atomic E-state index is 13.5. The number of carbonyl (C=O) groups is 2. The molecule has 1 atom stereocenters. The van der Waals surface area contributed by atoms with E-state index in [1.807, 2.05) is 25.3 Å². The Morgan fingerprint density at radius 2 is 1.96 bits per heavy atom. The van der Waals surface area contributed by atoms with Gasteiger partial charge in [-0.05, 0) is 29.0 Å². The molecule has 0 fully saturated rings. The second-order valence-electron chi connectivity index (χ2n) is 6.11. The summed E-state index contributed by atoms with van der Waals surface area (Å²) in [5.41, 5.74) is 0.659. The summed E-state index contributed by atoms with van der Waals surface area (Å²) in [5.74, 6) is 0.569. The summed E-state index contributed by atoms with van der Waals surface area (Å²) in [6.07, 6.45) is 0. The first kappa shape index (κ1) is 20.5. The van der Waals surface area contributed by atoms with Crippen molar-refractivity contribution >= 4 is 34.9 Å². The smallest absolute Gasteiger partial charge is 0.262 e. The quantitative estimate of drug-likeness (QED) is 0.638. The number of rotatable bonds is 9. The Kier molecular flexibility index (Phi) is 8.12. The molecule has 2 amide bonds. The van der Waals surface area contributed by atoms with Gasteiger partial charge in [-0.25, -0.2) is 4.39 Å². The predicted octanol–water partition coefficient (Wildman–Crippen LogP) is 3.69. The number of benzene rings is 1. The maximum absolute atomic E-state index is 13.5. The average molecular weight is 395 g/mol. The lowest BCUT2D eigenvalue weighted by atomic mass is 10.0. The van der Waals surface area contributed by atoms with Gasteiger partial charge in [0.15, 0.2) is 0 Å². The first-order chi connectivity index (χ1) is 12.5. The number of hydrogen-bond donors (Lipinski definition) is 2. The average Bonchev–Trinajstić information content (AvgIpc) is 3.15. The molecule has 1 unspecified atom stereocenters. The normalized spacial score (nSPS) is 12.0. The third-order valence-electron chi connectivity index (χ3n) is 3.74. The number of nitrogens with one attached hydrogen (secondary N) is 2. The summed E-state index contributed by atoms with van der Waals surface area (Å²) in [7, 11) is 0. The topological polar surface area (TPSA) is 58.2 Å². The summed E-state index contributed by atoms with van der Waals surface area (Å²) in [4.78, 5) is 25.1. The Morgan fingerprint density at radius 3 is 2.62 bits per heavy atom. The van der Waals surface area contributed by atoms with Crippen LogP contribution in [-0.4, -0.2) is 30.2 Å². The van der Waals surface area contributed by atoms with Crippen LogP contribution in [0.15, 0.2) is 41.8 Å². The van der Waals surface area contributed by atoms with Crippen molar-refractivity contribution in [2.75, 3.05) is 12.3 Å². The molecular formula is C19H23FN2O2S2. The standard InChI is InChI=1S/C19H23FN2O2S2/c1-13(2)17(22-18(23)16-8-5-10-26-16)19(24)21-9-11-25-12-14-6-3-4-7-15(14)20/h3-8,10,13,17H,9,11-12H2,1-2H3,(H,21,24)(H,22,23). The Hall–Kier alpha value is -1.86. The third kappa shape index (κ3) is 6.14. The highest BCUT2D eigenvalue weighted by Gasteiger charge is 2.24. The van der Waals surface area contributed by atoms with Crippen molar-refractivity contribution in [3.8, 4) is 0 Å². The largest absolute Gasteiger partial charge is 0.353 e. The molecule has 0 radical (unpaired) electrons. The van der Waals surface area contributed by atoms with Gasteiger partial charge in [0.05, 0.1) is 4.88 Å². The predicted molar refractivity (Wildman–Crippen MR) is 106 cm³/mol. The van der Waals surface area contributed by atoms with Crippen molar-refractivity contribution in [2.45, 2.75) is 25.6 Å². The van der Waals surface area contributed by atoms with E-state index >= 15 is 0 Å². The minimum Gasteiger partial charge on any atom is -0.353 e. The number of carbonyl (C=O) groups excluding carboxylic acids is 2. The zero-order valence-corrected chi connectivity index (χ0v) is 16.5.